The lowest BCUT2D eigenvalue weighted by Crippen LogP contribution is -2.42. The first kappa shape index (κ1) is 16.5. The Morgan fingerprint density at radius 2 is 2.00 bits per heavy atom. The smallest absolute Gasteiger partial charge is 0.344 e. The van der Waals surface area contributed by atoms with Crippen LogP contribution in [0.5, 0.6) is 0 Å². The summed E-state index contributed by atoms with van der Waals surface area (Å²) in [6.45, 7) is 7.64. The van der Waals surface area contributed by atoms with Crippen molar-refractivity contribution in [1.82, 2.24) is 5.32 Å². The van der Waals surface area contributed by atoms with E-state index >= 15 is 0 Å². The zero-order valence-electron chi connectivity index (χ0n) is 12.5. The third kappa shape index (κ3) is 4.85. The van der Waals surface area contributed by atoms with E-state index in [9.17, 15) is 4.79 Å². The van der Waals surface area contributed by atoms with E-state index in [4.69, 9.17) is 5.73 Å². The van der Waals surface area contributed by atoms with Crippen molar-refractivity contribution in [1.29, 1.82) is 0 Å². The van der Waals surface area contributed by atoms with E-state index in [1.807, 2.05) is 45.9 Å². The quantitative estimate of drug-likeness (QED) is 0.609. The lowest BCUT2D eigenvalue weighted by Gasteiger charge is -2.22. The number of nitrogens with two attached hydrogens (primary N) is 1. The van der Waals surface area contributed by atoms with Gasteiger partial charge in [0, 0.05) is 22.7 Å². The molecule has 0 spiro atoms. The zero-order valence-corrected chi connectivity index (χ0v) is 14.1. The Morgan fingerprint density at radius 1 is 1.40 bits per heavy atom. The van der Waals surface area contributed by atoms with Gasteiger partial charge in [-0.05, 0) is 51.5 Å². The van der Waals surface area contributed by atoms with Gasteiger partial charge in [0.1, 0.15) is 0 Å². The Bertz CT molecular complexity index is 534. The van der Waals surface area contributed by atoms with Crippen molar-refractivity contribution in [2.75, 3.05) is 11.9 Å². The lowest BCUT2D eigenvalue weighted by molar-refractivity contribution is 0.241. The van der Waals surface area contributed by atoms with Crippen LogP contribution in [0.3, 0.4) is 0 Å². The molecule has 0 atom stereocenters. The molecule has 0 saturated heterocycles. The highest BCUT2D eigenvalue weighted by Crippen LogP contribution is 2.22. The number of halogens is 1. The number of aliphatic imine (C=N–C) groups is 1. The topological polar surface area (TPSA) is 70.7 Å². The zero-order chi connectivity index (χ0) is 15.5. The molecule has 0 saturated carbocycles. The van der Waals surface area contributed by atoms with E-state index < -0.39 is 6.03 Å². The Balaban J connectivity index is 2.90. The molecule has 0 heterocycles. The summed E-state index contributed by atoms with van der Waals surface area (Å²) in [4.78, 5) is 17.3. The fourth-order valence-corrected chi connectivity index (χ4v) is 2.12. The van der Waals surface area contributed by atoms with Crippen molar-refractivity contribution in [3.63, 3.8) is 0 Å². The average Bonchev–Trinajstić information content (AvgIpc) is 2.25. The van der Waals surface area contributed by atoms with Crippen LogP contribution in [0.15, 0.2) is 27.7 Å². The predicted molar refractivity (Wildman–Crippen MR) is 87.2 cm³/mol. The van der Waals surface area contributed by atoms with E-state index in [2.05, 4.69) is 26.2 Å². The monoisotopic (exact) mass is 340 g/mol. The van der Waals surface area contributed by atoms with Crippen LogP contribution in [0.4, 0.5) is 10.5 Å². The number of carbonyl (C=O) groups is 1. The SMILES string of the molecule is Cc1cc(Br)ccc1N(C)/C(N)=N\C(=O)NC(C)(C)C. The second kappa shape index (κ2) is 6.26. The molecule has 0 radical (unpaired) electrons. The first-order chi connectivity index (χ1) is 9.10. The molecule has 2 amide bonds. The number of nitrogens with one attached hydrogen (secondary N) is 1. The molecule has 0 fully saturated rings. The van der Waals surface area contributed by atoms with E-state index in [1.54, 1.807) is 11.9 Å². The molecule has 1 aromatic carbocycles. The van der Waals surface area contributed by atoms with Crippen LogP contribution < -0.4 is 16.0 Å². The van der Waals surface area contributed by atoms with Gasteiger partial charge in [0.25, 0.3) is 0 Å². The normalized spacial score (nSPS) is 12.2. The summed E-state index contributed by atoms with van der Waals surface area (Å²) in [7, 11) is 1.78. The van der Waals surface area contributed by atoms with Gasteiger partial charge in [-0.15, -0.1) is 0 Å². The van der Waals surface area contributed by atoms with E-state index in [0.29, 0.717) is 0 Å². The van der Waals surface area contributed by atoms with E-state index in [-0.39, 0.29) is 11.5 Å². The minimum atomic E-state index is -0.448. The Kier molecular flexibility index (Phi) is 5.16. The van der Waals surface area contributed by atoms with Crippen molar-refractivity contribution < 1.29 is 4.79 Å². The number of nitrogens with zero attached hydrogens (tertiary/aromatic N) is 2. The van der Waals surface area contributed by atoms with Crippen LogP contribution in [0, 0.1) is 6.92 Å². The predicted octanol–water partition coefficient (Wildman–Crippen LogP) is 3.02. The molecule has 0 aromatic heterocycles. The van der Waals surface area contributed by atoms with Crippen molar-refractivity contribution in [3.8, 4) is 0 Å². The lowest BCUT2D eigenvalue weighted by atomic mass is 10.1. The van der Waals surface area contributed by atoms with Gasteiger partial charge < -0.3 is 16.0 Å². The van der Waals surface area contributed by atoms with Crippen molar-refractivity contribution >= 4 is 33.6 Å². The van der Waals surface area contributed by atoms with Crippen LogP contribution in [0.2, 0.25) is 0 Å². The van der Waals surface area contributed by atoms with Gasteiger partial charge in [0.05, 0.1) is 0 Å². The highest BCUT2D eigenvalue weighted by molar-refractivity contribution is 9.10. The molecule has 20 heavy (non-hydrogen) atoms. The first-order valence-corrected chi connectivity index (χ1v) is 7.05. The fourth-order valence-electron chi connectivity index (χ4n) is 1.65. The second-order valence-electron chi connectivity index (χ2n) is 5.64. The van der Waals surface area contributed by atoms with E-state index in [1.165, 1.54) is 0 Å². The standard InChI is InChI=1S/C14H21BrN4O/c1-9-8-10(15)6-7-11(9)19(5)12(16)17-13(20)18-14(2,3)4/h6-8H,1-5H3,(H3,16,17,18,20). The maximum Gasteiger partial charge on any atom is 0.344 e. The van der Waals surface area contributed by atoms with Crippen LogP contribution in [-0.2, 0) is 0 Å². The molecular formula is C14H21BrN4O. The molecule has 6 heteroatoms. The number of benzene rings is 1. The molecule has 0 bridgehead atoms. The molecule has 1 rings (SSSR count). The summed E-state index contributed by atoms with van der Waals surface area (Å²) >= 11 is 3.41. The highest BCUT2D eigenvalue weighted by Gasteiger charge is 2.15. The number of hydrogen-bond acceptors (Lipinski definition) is 1. The van der Waals surface area contributed by atoms with Crippen molar-refractivity contribution in [2.24, 2.45) is 10.7 Å². The maximum absolute atomic E-state index is 11.7. The number of anilines is 1. The third-order valence-electron chi connectivity index (χ3n) is 2.56. The number of amides is 2. The highest BCUT2D eigenvalue weighted by atomic mass is 79.9. The largest absolute Gasteiger partial charge is 0.369 e. The van der Waals surface area contributed by atoms with Gasteiger partial charge in [-0.1, -0.05) is 15.9 Å². The summed E-state index contributed by atoms with van der Waals surface area (Å²) in [5, 5.41) is 2.74. The Morgan fingerprint density at radius 3 is 2.50 bits per heavy atom. The minimum Gasteiger partial charge on any atom is -0.369 e. The number of hydrogen-bond donors (Lipinski definition) is 2. The number of guanidine groups is 1. The van der Waals surface area contributed by atoms with Crippen molar-refractivity contribution in [2.45, 2.75) is 33.2 Å². The third-order valence-corrected chi connectivity index (χ3v) is 3.06. The van der Waals surface area contributed by atoms with Gasteiger partial charge in [0.15, 0.2) is 0 Å². The average molecular weight is 341 g/mol. The van der Waals surface area contributed by atoms with Crippen LogP contribution >= 0.6 is 15.9 Å². The molecule has 5 nitrogen and oxygen atoms in total. The number of carbonyl (C=O) groups excluding carboxylic acids is 1. The summed E-state index contributed by atoms with van der Waals surface area (Å²) in [5.74, 6) is 0.150. The van der Waals surface area contributed by atoms with Crippen LogP contribution in [-0.4, -0.2) is 24.6 Å². The summed E-state index contributed by atoms with van der Waals surface area (Å²) in [6, 6.07) is 5.37. The van der Waals surface area contributed by atoms with Crippen molar-refractivity contribution in [3.05, 3.63) is 28.2 Å². The summed E-state index contributed by atoms with van der Waals surface area (Å²) in [5.41, 5.74) is 7.48. The maximum atomic E-state index is 11.7. The molecule has 110 valence electrons. The molecule has 0 aliphatic heterocycles. The molecular weight excluding hydrogens is 320 g/mol. The molecule has 1 aromatic rings. The second-order valence-corrected chi connectivity index (χ2v) is 6.56. The minimum absolute atomic E-state index is 0.150. The van der Waals surface area contributed by atoms with Gasteiger partial charge >= 0.3 is 6.03 Å². The van der Waals surface area contributed by atoms with Crippen LogP contribution in [0.25, 0.3) is 0 Å². The summed E-state index contributed by atoms with van der Waals surface area (Å²) in [6.07, 6.45) is 0. The fraction of sp³-hybridized carbons (Fsp3) is 0.429. The Labute approximate surface area is 128 Å². The van der Waals surface area contributed by atoms with Gasteiger partial charge in [-0.25, -0.2) is 4.79 Å². The number of rotatable bonds is 1. The van der Waals surface area contributed by atoms with Gasteiger partial charge in [-0.3, -0.25) is 0 Å². The van der Waals surface area contributed by atoms with E-state index in [0.717, 1.165) is 15.7 Å². The molecule has 0 unspecified atom stereocenters. The number of aryl methyl sites for hydroxylation is 1. The molecule has 0 aliphatic rings. The van der Waals surface area contributed by atoms with Gasteiger partial charge in [0.2, 0.25) is 5.96 Å². The number of urea groups is 1. The van der Waals surface area contributed by atoms with Gasteiger partial charge in [-0.2, -0.15) is 4.99 Å². The summed E-state index contributed by atoms with van der Waals surface area (Å²) < 4.78 is 0.994. The molecule has 3 N–H and O–H groups in total. The van der Waals surface area contributed by atoms with Crippen LogP contribution in [0.1, 0.15) is 26.3 Å². The molecule has 0 aliphatic carbocycles. The first-order valence-electron chi connectivity index (χ1n) is 6.26. The Hall–Kier alpha value is -1.56.